The molecule has 14 rings (SSSR count). The van der Waals surface area contributed by atoms with E-state index in [-0.39, 0.29) is 98.3 Å². The Morgan fingerprint density at radius 1 is 0.447 bits per heavy atom. The predicted molar refractivity (Wildman–Crippen MR) is 555 cm³/mol. The van der Waals surface area contributed by atoms with E-state index in [4.69, 9.17) is 38.8 Å². The van der Waals surface area contributed by atoms with Crippen LogP contribution in [0.4, 0.5) is 34.3 Å². The molecule has 3 aliphatic rings. The van der Waals surface area contributed by atoms with Gasteiger partial charge in [-0.2, -0.15) is 5.01 Å². The molecule has 41 heteroatoms. The van der Waals surface area contributed by atoms with Gasteiger partial charge in [0.05, 0.1) is 41.4 Å². The largest absolute Gasteiger partial charge is 0.507 e. The molecule has 0 saturated carbocycles. The van der Waals surface area contributed by atoms with Crippen molar-refractivity contribution in [2.75, 3.05) is 65.5 Å². The third-order valence-corrected chi connectivity index (χ3v) is 18.9. The predicted octanol–water partition coefficient (Wildman–Crippen LogP) is 18.6. The first-order valence-electron chi connectivity index (χ1n) is 42.6. The summed E-state index contributed by atoms with van der Waals surface area (Å²) < 4.78 is 32.4. The van der Waals surface area contributed by atoms with Crippen molar-refractivity contribution in [3.8, 4) is 5.75 Å². The second kappa shape index (κ2) is 65.1. The van der Waals surface area contributed by atoms with E-state index < -0.39 is 53.3 Å². The van der Waals surface area contributed by atoms with E-state index in [1.165, 1.54) is 30.5 Å². The van der Waals surface area contributed by atoms with Gasteiger partial charge in [-0.3, -0.25) is 79.2 Å². The molecule has 17 N–H and O–H groups in total. The number of nitrogen functional groups attached to an aromatic ring is 1. The number of benzene rings is 8. The number of imide groups is 1. The number of carbonyl (C=O) groups excluding carboxylic acids is 11. The molecule has 3 aromatic heterocycles. The van der Waals surface area contributed by atoms with Gasteiger partial charge in [-0.25, -0.2) is 14.6 Å². The lowest BCUT2D eigenvalue weighted by molar-refractivity contribution is -0.155. The fraction of sp³-hybridized carbons (Fsp3) is 0.270. The molecule has 0 atom stereocenters. The summed E-state index contributed by atoms with van der Waals surface area (Å²) in [5, 5.41) is 29.1. The highest BCUT2D eigenvalue weighted by Crippen LogP contribution is 2.61. The van der Waals surface area contributed by atoms with E-state index in [1.54, 1.807) is 84.9 Å². The molecule has 1 saturated heterocycles. The fourth-order valence-corrected chi connectivity index (χ4v) is 11.6. The molecule has 0 bridgehead atoms. The molecule has 758 valence electrons. The van der Waals surface area contributed by atoms with Crippen LogP contribution in [0, 0.1) is 55.4 Å². The highest BCUT2D eigenvalue weighted by Gasteiger charge is 2.34. The van der Waals surface area contributed by atoms with Crippen LogP contribution in [0.3, 0.4) is 0 Å². The number of aliphatic carboxylic acids is 1. The Bertz CT molecular complexity index is 6140. The number of ether oxygens (including phenoxy) is 5. The van der Waals surface area contributed by atoms with Crippen molar-refractivity contribution in [1.82, 2.24) is 20.0 Å². The second-order valence-corrected chi connectivity index (χ2v) is 37.6. The SMILES string of the molecule is C.C1CCOC1.CC1=C(C)C(=O)N(Nc2cc(Cl)c3cc(C)ccc3n2)C1=O.CC1=C(C)C(=O)OC1=O.CCOC(=O)CC(=O)Nc1ccc(C)cc1.CCOC(=O)CC(=O)OCC.Cc1ccc(N)cc1.Cc1ccc(NC(=O)CC(=O)Nc2ccc(C)cc2)cc1.Cc1ccc(NC(=O)CC(=O)O)cc1.Cc1ccc2[nH]c(=O)cc(O)c2c1.Cc1ccc2[nH]c(Cl)cc(=O)c2c1.NN.O.O=P(Cl)(Cl)Cl. The maximum Gasteiger partial charge on any atom is 0.342 e. The molecular weight excluding hydrogens is 1950 g/mol. The van der Waals surface area contributed by atoms with Crippen LogP contribution < -0.4 is 55.1 Å². The number of hydrazine groups is 2. The molecule has 0 radical (unpaired) electrons. The number of halogens is 5. The number of anilines is 6. The highest BCUT2D eigenvalue weighted by molar-refractivity contribution is 8.24. The summed E-state index contributed by atoms with van der Waals surface area (Å²) >= 11 is 25.8. The number of esters is 5. The topological polar surface area (TPSA) is 560 Å². The third kappa shape index (κ3) is 49.9. The van der Waals surface area contributed by atoms with E-state index in [2.05, 4.69) is 106 Å². The number of H-pyrrole nitrogens is 2. The van der Waals surface area contributed by atoms with Crippen LogP contribution in [0.2, 0.25) is 10.2 Å². The van der Waals surface area contributed by atoms with Crippen molar-refractivity contribution in [3.05, 3.63) is 292 Å². The summed E-state index contributed by atoms with van der Waals surface area (Å²) in [6.07, 6.45) is 1.30. The summed E-state index contributed by atoms with van der Waals surface area (Å²) in [7, 11) is 0. The first-order chi connectivity index (χ1) is 65.5. The molecule has 11 aromatic rings. The highest BCUT2D eigenvalue weighted by atomic mass is 36.0. The maximum absolute atomic E-state index is 12.0. The zero-order valence-corrected chi connectivity index (χ0v) is 84.5. The number of carbonyl (C=O) groups is 12. The molecule has 0 aliphatic carbocycles. The maximum atomic E-state index is 12.0. The number of nitrogens with one attached hydrogen (secondary N) is 7. The minimum Gasteiger partial charge on any atom is -0.507 e. The minimum atomic E-state index is -3.22. The summed E-state index contributed by atoms with van der Waals surface area (Å²) in [6.45, 7) is 30.1. The van der Waals surface area contributed by atoms with Crippen molar-refractivity contribution >= 4 is 200 Å². The Kier molecular flexibility index (Phi) is 57.7. The lowest BCUT2D eigenvalue weighted by atomic mass is 10.1. The normalized spacial score (nSPS) is 11.6. The molecule has 35 nitrogen and oxygen atoms in total. The number of pyridine rings is 3. The molecule has 141 heavy (non-hydrogen) atoms. The standard InChI is InChI=1S/C17H18N2O2.C16H14ClN3O2.C12H15NO3.C10H8ClNO.C10H11NO3.C10H9NO2.C7H9N.C7H12O4.C6H6O3.C4H8O.CH4.Cl3OP.H4N2.H2O/c1-12-3-7-14(8-4-12)18-16(20)11-17(21)19-15-9-5-13(2)6-10-15;1-8-4-5-13-11(6-8)12(17)7-14(18-13)19-20-15(21)9(2)10(3)16(20)22;1-3-16-12(15)8-11(14)13-10-6-4-9(2)5-7-10;1-6-2-3-8-7(4-6)9(13)5-10(11)12-8;1-7-2-4-8(5-3-7)11-9(12)6-10(13)14;1-6-2-3-8-7(4-6)9(12)5-10(13)11-8;1-6-2-4-7(8)5-3-6;1-3-10-6(8)5-7(9)11-4-2;1-3-4(2)6(8)9-5(3)7;1-2-4-5-3-1;;1-5(2,3)4;1-2;/h3-10H,11H2,1-2H3,(H,18,20)(H,19,21);4-7H,1-3H3,(H,18,19);4-7H,3,8H2,1-2H3,(H,13,14);2-5H,1H3,(H,12,13);2-5H,6H2,1H3,(H,11,12)(H,13,14);2-5H,1H3,(H2,11,12,13);2-5H,8H2,1H3;3-5H2,1-2H3;1-2H3;1-4H2;1H4;;1-2H2;1H2. The number of nitrogens with two attached hydrogens (primary N) is 3. The van der Waals surface area contributed by atoms with E-state index in [0.29, 0.717) is 82.8 Å². The number of fused-ring (bicyclic) bond motifs is 3. The lowest BCUT2D eigenvalue weighted by Gasteiger charge is -2.17. The molecular formula is C100H120Cl5N12O23P. The van der Waals surface area contributed by atoms with Crippen molar-refractivity contribution in [2.45, 2.75) is 150 Å². The van der Waals surface area contributed by atoms with Crippen LogP contribution in [0.1, 0.15) is 139 Å². The Hall–Kier alpha value is -14.0. The molecule has 6 amide bonds. The number of aromatic nitrogens is 3. The van der Waals surface area contributed by atoms with E-state index in [0.717, 1.165) is 73.8 Å². The Balaban J connectivity index is 0.000000790. The fourth-order valence-electron chi connectivity index (χ4n) is 11.2. The smallest absolute Gasteiger partial charge is 0.342 e. The van der Waals surface area contributed by atoms with Crippen molar-refractivity contribution in [1.29, 1.82) is 0 Å². The van der Waals surface area contributed by atoms with Gasteiger partial charge in [0.15, 0.2) is 5.43 Å². The average molecular weight is 2070 g/mol. The number of amides is 6. The second-order valence-electron chi connectivity index (χ2n) is 30.1. The number of rotatable bonds is 17. The molecule has 1 fully saturated rings. The van der Waals surface area contributed by atoms with Gasteiger partial charge in [-0.1, -0.05) is 154 Å². The van der Waals surface area contributed by atoms with Gasteiger partial charge in [-0.05, 0) is 247 Å². The van der Waals surface area contributed by atoms with E-state index in [9.17, 15) is 76.8 Å². The number of hydrogen-bond acceptors (Lipinski definition) is 26. The Morgan fingerprint density at radius 3 is 1.13 bits per heavy atom. The summed E-state index contributed by atoms with van der Waals surface area (Å²) in [5.74, 6) is 2.37. The van der Waals surface area contributed by atoms with Gasteiger partial charge >= 0.3 is 41.0 Å². The Morgan fingerprint density at radius 2 is 0.780 bits per heavy atom. The van der Waals surface area contributed by atoms with Crippen LogP contribution in [-0.2, 0) is 85.8 Å². The first-order valence-corrected chi connectivity index (χ1v) is 47.8. The van der Waals surface area contributed by atoms with E-state index in [1.807, 2.05) is 201 Å². The molecule has 3 aliphatic heterocycles. The summed E-state index contributed by atoms with van der Waals surface area (Å²) in [5.41, 5.74) is 24.1. The van der Waals surface area contributed by atoms with Crippen LogP contribution in [0.5, 0.6) is 5.75 Å². The van der Waals surface area contributed by atoms with Crippen molar-refractivity contribution in [2.24, 2.45) is 11.7 Å². The van der Waals surface area contributed by atoms with Gasteiger partial charge in [0.1, 0.15) is 42.4 Å². The number of carboxylic acids is 1. The quantitative estimate of drug-likeness (QED) is 0.00463. The average Bonchev–Trinajstić information content (AvgIpc) is 1.74. The van der Waals surface area contributed by atoms with Gasteiger partial charge < -0.3 is 76.3 Å². The Labute approximate surface area is 840 Å². The summed E-state index contributed by atoms with van der Waals surface area (Å²) in [6, 6.07) is 58.2. The monoisotopic (exact) mass is 2060 g/mol. The zero-order chi connectivity index (χ0) is 104. The van der Waals surface area contributed by atoms with Gasteiger partial charge in [0.2, 0.25) is 23.6 Å². The number of hydrogen-bond donors (Lipinski definition) is 12. The van der Waals surface area contributed by atoms with Crippen LogP contribution in [-0.4, -0.2) is 140 Å². The minimum absolute atomic E-state index is 0. The summed E-state index contributed by atoms with van der Waals surface area (Å²) in [4.78, 5) is 166. The number of nitrogens with zero attached hydrogens (tertiary/aromatic N) is 2. The third-order valence-electron chi connectivity index (χ3n) is 18.4. The molecule has 8 aromatic carbocycles. The molecule has 0 unspecified atom stereocenters. The number of carboxylic acid groups (broad SMARTS) is 1. The van der Waals surface area contributed by atoms with Gasteiger partial charge in [0, 0.05) is 98.3 Å². The molecule has 6 heterocycles. The molecule has 0 spiro atoms. The first kappa shape index (κ1) is 125. The van der Waals surface area contributed by atoms with Crippen LogP contribution >= 0.6 is 62.1 Å². The van der Waals surface area contributed by atoms with Crippen molar-refractivity contribution < 1.29 is 101 Å². The number of aromatic amines is 2. The van der Waals surface area contributed by atoms with E-state index >= 15 is 0 Å². The van der Waals surface area contributed by atoms with Crippen LogP contribution in [0.25, 0.3) is 32.7 Å². The zero-order valence-electron chi connectivity index (χ0n) is 79.8. The lowest BCUT2D eigenvalue weighted by Crippen LogP contribution is -2.37. The van der Waals surface area contributed by atoms with Crippen LogP contribution in [0.15, 0.2) is 226 Å². The van der Waals surface area contributed by atoms with Crippen molar-refractivity contribution in [3.63, 3.8) is 0 Å². The number of aryl methyl sites for hydroxylation is 8. The van der Waals surface area contributed by atoms with Gasteiger partial charge in [-0.15, -0.1) is 0 Å². The number of cyclic esters (lactones) is 2. The number of aromatic hydroxyl groups is 1. The van der Waals surface area contributed by atoms with Gasteiger partial charge in [0.25, 0.3) is 17.4 Å².